The maximum atomic E-state index is 11.6. The van der Waals surface area contributed by atoms with E-state index in [4.69, 9.17) is 5.73 Å². The van der Waals surface area contributed by atoms with Gasteiger partial charge in [-0.05, 0) is 39.0 Å². The molecule has 2 aliphatic rings. The summed E-state index contributed by atoms with van der Waals surface area (Å²) in [6.07, 6.45) is 9.59. The Labute approximate surface area is 127 Å². The van der Waals surface area contributed by atoms with Crippen molar-refractivity contribution in [3.8, 4) is 0 Å². The summed E-state index contributed by atoms with van der Waals surface area (Å²) in [6, 6.07) is 0. The number of hydrogen-bond donors (Lipinski definition) is 1. The summed E-state index contributed by atoms with van der Waals surface area (Å²) < 4.78 is 24.8. The van der Waals surface area contributed by atoms with Crippen LogP contribution in [-0.4, -0.2) is 38.3 Å². The SMILES string of the molecule is C/C=C(/C1CCN(S(C)(=O)=O)CC1)C1(C)CC=NC=C1N. The fourth-order valence-corrected chi connectivity index (χ4v) is 4.29. The van der Waals surface area contributed by atoms with E-state index in [-0.39, 0.29) is 5.41 Å². The second-order valence-electron chi connectivity index (χ2n) is 6.13. The zero-order valence-electron chi connectivity index (χ0n) is 13.0. The molecule has 2 N–H and O–H groups in total. The van der Waals surface area contributed by atoms with Crippen molar-refractivity contribution in [3.05, 3.63) is 23.5 Å². The van der Waals surface area contributed by atoms with Crippen LogP contribution in [-0.2, 0) is 10.0 Å². The number of aliphatic imine (C=N–C) groups is 1. The van der Waals surface area contributed by atoms with Crippen LogP contribution >= 0.6 is 0 Å². The molecule has 1 atom stereocenters. The third-order valence-electron chi connectivity index (χ3n) is 4.77. The number of piperidine rings is 1. The Balaban J connectivity index is 2.15. The maximum absolute atomic E-state index is 11.6. The van der Waals surface area contributed by atoms with Gasteiger partial charge in [0.2, 0.25) is 10.0 Å². The van der Waals surface area contributed by atoms with Crippen LogP contribution in [0.4, 0.5) is 0 Å². The van der Waals surface area contributed by atoms with Gasteiger partial charge in [-0.15, -0.1) is 0 Å². The van der Waals surface area contributed by atoms with E-state index in [1.54, 1.807) is 10.5 Å². The van der Waals surface area contributed by atoms with Crippen molar-refractivity contribution < 1.29 is 8.42 Å². The lowest BCUT2D eigenvalue weighted by Crippen LogP contribution is -2.41. The van der Waals surface area contributed by atoms with Crippen molar-refractivity contribution in [3.63, 3.8) is 0 Å². The normalized spacial score (nSPS) is 29.5. The summed E-state index contributed by atoms with van der Waals surface area (Å²) in [5.41, 5.74) is 8.12. The molecule has 2 aliphatic heterocycles. The predicted molar refractivity (Wildman–Crippen MR) is 86.4 cm³/mol. The van der Waals surface area contributed by atoms with Crippen LogP contribution in [0.1, 0.15) is 33.1 Å². The molecule has 0 radical (unpaired) electrons. The average molecular weight is 311 g/mol. The molecule has 118 valence electrons. The fraction of sp³-hybridized carbons (Fsp3) is 0.667. The summed E-state index contributed by atoms with van der Waals surface area (Å²) in [7, 11) is -3.08. The average Bonchev–Trinajstić information content (AvgIpc) is 2.43. The molecular weight excluding hydrogens is 286 g/mol. The quantitative estimate of drug-likeness (QED) is 0.809. The second-order valence-corrected chi connectivity index (χ2v) is 8.12. The molecule has 21 heavy (non-hydrogen) atoms. The summed E-state index contributed by atoms with van der Waals surface area (Å²) in [5.74, 6) is 0.386. The van der Waals surface area contributed by atoms with Crippen LogP contribution in [0.5, 0.6) is 0 Å². The van der Waals surface area contributed by atoms with Crippen molar-refractivity contribution >= 4 is 16.2 Å². The molecule has 0 aromatic heterocycles. The molecule has 0 aliphatic carbocycles. The Hall–Kier alpha value is -1.14. The molecule has 2 rings (SSSR count). The van der Waals surface area contributed by atoms with Gasteiger partial charge in [-0.2, -0.15) is 0 Å². The molecule has 0 aromatic carbocycles. The van der Waals surface area contributed by atoms with Gasteiger partial charge < -0.3 is 5.73 Å². The lowest BCUT2D eigenvalue weighted by molar-refractivity contribution is 0.273. The van der Waals surface area contributed by atoms with E-state index in [1.807, 2.05) is 13.1 Å². The van der Waals surface area contributed by atoms with Crippen molar-refractivity contribution in [2.24, 2.45) is 22.1 Å². The lowest BCUT2D eigenvalue weighted by Gasteiger charge is -2.40. The van der Waals surface area contributed by atoms with Gasteiger partial charge in [0.1, 0.15) is 0 Å². The second kappa shape index (κ2) is 5.93. The topological polar surface area (TPSA) is 75.8 Å². The molecule has 1 fully saturated rings. The maximum Gasteiger partial charge on any atom is 0.211 e. The van der Waals surface area contributed by atoms with Crippen molar-refractivity contribution in [2.75, 3.05) is 19.3 Å². The molecule has 0 saturated carbocycles. The largest absolute Gasteiger partial charge is 0.400 e. The van der Waals surface area contributed by atoms with Gasteiger partial charge in [-0.3, -0.25) is 4.99 Å². The van der Waals surface area contributed by atoms with E-state index in [2.05, 4.69) is 18.0 Å². The summed E-state index contributed by atoms with van der Waals surface area (Å²) in [4.78, 5) is 4.13. The van der Waals surface area contributed by atoms with E-state index in [9.17, 15) is 8.42 Å². The molecular formula is C15H25N3O2S. The van der Waals surface area contributed by atoms with Crippen LogP contribution < -0.4 is 5.73 Å². The Kier molecular flexibility index (Phi) is 4.58. The molecule has 0 spiro atoms. The van der Waals surface area contributed by atoms with Gasteiger partial charge in [0.05, 0.1) is 6.26 Å². The monoisotopic (exact) mass is 311 g/mol. The van der Waals surface area contributed by atoms with Gasteiger partial charge in [-0.25, -0.2) is 12.7 Å². The van der Waals surface area contributed by atoms with Gasteiger partial charge in [0, 0.05) is 36.6 Å². The predicted octanol–water partition coefficient (Wildman–Crippen LogP) is 1.89. The molecule has 1 unspecified atom stereocenters. The summed E-state index contributed by atoms with van der Waals surface area (Å²) in [5, 5.41) is 0. The van der Waals surface area contributed by atoms with E-state index in [1.165, 1.54) is 11.8 Å². The third-order valence-corrected chi connectivity index (χ3v) is 6.07. The first kappa shape index (κ1) is 16.2. The molecule has 6 heteroatoms. The molecule has 0 bridgehead atoms. The van der Waals surface area contributed by atoms with E-state index < -0.39 is 10.0 Å². The first-order valence-electron chi connectivity index (χ1n) is 7.38. The highest BCUT2D eigenvalue weighted by atomic mass is 32.2. The van der Waals surface area contributed by atoms with Crippen LogP contribution in [0.2, 0.25) is 0 Å². The number of sulfonamides is 1. The zero-order chi connectivity index (χ0) is 15.7. The van der Waals surface area contributed by atoms with E-state index in [0.29, 0.717) is 19.0 Å². The number of rotatable bonds is 3. The van der Waals surface area contributed by atoms with Crippen molar-refractivity contribution in [2.45, 2.75) is 33.1 Å². The minimum absolute atomic E-state index is 0.186. The summed E-state index contributed by atoms with van der Waals surface area (Å²) >= 11 is 0. The van der Waals surface area contributed by atoms with Gasteiger partial charge in [-0.1, -0.05) is 11.6 Å². The van der Waals surface area contributed by atoms with Crippen molar-refractivity contribution in [1.82, 2.24) is 4.31 Å². The number of allylic oxidation sites excluding steroid dienone is 2. The highest BCUT2D eigenvalue weighted by Crippen LogP contribution is 2.44. The van der Waals surface area contributed by atoms with Gasteiger partial charge >= 0.3 is 0 Å². The molecule has 5 nitrogen and oxygen atoms in total. The Morgan fingerprint density at radius 1 is 1.48 bits per heavy atom. The Bertz CT molecular complexity index is 584. The molecule has 2 heterocycles. The van der Waals surface area contributed by atoms with Crippen LogP contribution in [0, 0.1) is 11.3 Å². The molecule has 1 saturated heterocycles. The van der Waals surface area contributed by atoms with Crippen molar-refractivity contribution in [1.29, 1.82) is 0 Å². The number of nitrogens with zero attached hydrogens (tertiary/aromatic N) is 2. The minimum Gasteiger partial charge on any atom is -0.400 e. The zero-order valence-corrected chi connectivity index (χ0v) is 13.9. The van der Waals surface area contributed by atoms with Gasteiger partial charge in [0.15, 0.2) is 0 Å². The standard InChI is InChI=1S/C15H25N3O2S/c1-4-13(15(2)7-8-17-11-14(15)16)12-5-9-18(10-6-12)21(3,19)20/h4,8,11-12H,5-7,9-10,16H2,1-3H3/b13-4-. The highest BCUT2D eigenvalue weighted by molar-refractivity contribution is 7.88. The molecule has 0 aromatic rings. The first-order chi connectivity index (χ1) is 9.79. The fourth-order valence-electron chi connectivity index (χ4n) is 3.42. The van der Waals surface area contributed by atoms with E-state index in [0.717, 1.165) is 25.0 Å². The van der Waals surface area contributed by atoms with Gasteiger partial charge in [0.25, 0.3) is 0 Å². The first-order valence-corrected chi connectivity index (χ1v) is 9.23. The van der Waals surface area contributed by atoms with Crippen LogP contribution in [0.3, 0.4) is 0 Å². The third kappa shape index (κ3) is 3.21. The van der Waals surface area contributed by atoms with Crippen LogP contribution in [0.25, 0.3) is 0 Å². The summed E-state index contributed by atoms with van der Waals surface area (Å²) in [6.45, 7) is 5.38. The van der Waals surface area contributed by atoms with E-state index >= 15 is 0 Å². The number of nitrogens with two attached hydrogens (primary N) is 1. The number of hydrogen-bond acceptors (Lipinski definition) is 4. The Morgan fingerprint density at radius 3 is 2.57 bits per heavy atom. The lowest BCUT2D eigenvalue weighted by atomic mass is 9.69. The highest BCUT2D eigenvalue weighted by Gasteiger charge is 2.38. The minimum atomic E-state index is -3.08. The van der Waals surface area contributed by atoms with Crippen LogP contribution in [0.15, 0.2) is 28.5 Å². The Morgan fingerprint density at radius 2 is 2.10 bits per heavy atom. The smallest absolute Gasteiger partial charge is 0.211 e. The molecule has 0 amide bonds.